The lowest BCUT2D eigenvalue weighted by Crippen LogP contribution is -3.00. The third-order valence-corrected chi connectivity index (χ3v) is 1.68. The minimum Gasteiger partial charge on any atom is -1.00 e. The first kappa shape index (κ1) is 11.5. The molecule has 0 spiro atoms. The summed E-state index contributed by atoms with van der Waals surface area (Å²) in [5.74, 6) is -0.852. The van der Waals surface area contributed by atoms with Crippen LogP contribution in [0.25, 0.3) is 0 Å². The van der Waals surface area contributed by atoms with E-state index in [1.807, 2.05) is 0 Å². The number of aliphatic carboxylic acids is 1. The summed E-state index contributed by atoms with van der Waals surface area (Å²) in [7, 11) is 0. The summed E-state index contributed by atoms with van der Waals surface area (Å²) in [6.45, 7) is 1.61. The topological polar surface area (TPSA) is 46.1 Å². The molecule has 6 heteroatoms. The van der Waals surface area contributed by atoms with Gasteiger partial charge in [0.25, 0.3) is 6.33 Å². The molecule has 0 saturated heterocycles. The first-order valence-electron chi connectivity index (χ1n) is 3.12. The standard InChI is InChI=1S/C6H8N2O2S.BrH/c1-5(6(9)10)7-2-3-8(11)4-7;/h2-5H,1H3,(H-,9,10,11);1H. The molecule has 0 aromatic carbocycles. The Labute approximate surface area is 86.1 Å². The molecule has 1 N–H and O–H groups in total. The number of hydrogen-bond donors (Lipinski definition) is 2. The normalized spacial score (nSPS) is 11.8. The van der Waals surface area contributed by atoms with E-state index < -0.39 is 12.0 Å². The number of thiol groups is 1. The van der Waals surface area contributed by atoms with Gasteiger partial charge in [0.2, 0.25) is 0 Å². The second-order valence-corrected chi connectivity index (χ2v) is 2.72. The first-order valence-corrected chi connectivity index (χ1v) is 3.52. The van der Waals surface area contributed by atoms with Crippen LogP contribution in [0.3, 0.4) is 0 Å². The third kappa shape index (κ3) is 2.53. The number of carbonyl (C=O) groups is 1. The van der Waals surface area contributed by atoms with Crippen molar-refractivity contribution < 1.29 is 31.4 Å². The van der Waals surface area contributed by atoms with Crippen LogP contribution in [0.4, 0.5) is 0 Å². The molecule has 0 radical (unpaired) electrons. The van der Waals surface area contributed by atoms with Crippen molar-refractivity contribution in [3.8, 4) is 0 Å². The molecule has 0 saturated carbocycles. The van der Waals surface area contributed by atoms with Crippen molar-refractivity contribution >= 4 is 18.8 Å². The molecule has 0 aliphatic heterocycles. The largest absolute Gasteiger partial charge is 1.00 e. The maximum Gasteiger partial charge on any atom is 0.349 e. The van der Waals surface area contributed by atoms with Gasteiger partial charge in [-0.1, -0.05) is 0 Å². The van der Waals surface area contributed by atoms with Crippen LogP contribution in [-0.4, -0.2) is 15.0 Å². The number of aromatic nitrogens is 2. The van der Waals surface area contributed by atoms with Crippen molar-refractivity contribution in [3.63, 3.8) is 0 Å². The van der Waals surface area contributed by atoms with Crippen LogP contribution in [-0.2, 0) is 4.79 Å². The van der Waals surface area contributed by atoms with E-state index in [2.05, 4.69) is 12.8 Å². The Morgan fingerprint density at radius 1 is 1.75 bits per heavy atom. The third-order valence-electron chi connectivity index (χ3n) is 1.45. The highest BCUT2D eigenvalue weighted by Crippen LogP contribution is 1.94. The number of hydrogen-bond acceptors (Lipinski definition) is 2. The maximum atomic E-state index is 10.5. The van der Waals surface area contributed by atoms with Crippen LogP contribution in [0.15, 0.2) is 18.7 Å². The van der Waals surface area contributed by atoms with Gasteiger partial charge in [-0.05, 0) is 6.92 Å². The van der Waals surface area contributed by atoms with Gasteiger partial charge in [-0.15, -0.1) is 0 Å². The van der Waals surface area contributed by atoms with E-state index in [4.69, 9.17) is 5.11 Å². The molecule has 1 atom stereocenters. The van der Waals surface area contributed by atoms with Gasteiger partial charge < -0.3 is 22.1 Å². The van der Waals surface area contributed by atoms with E-state index in [0.717, 1.165) is 0 Å². The van der Waals surface area contributed by atoms with Gasteiger partial charge in [0.15, 0.2) is 6.04 Å². The molecule has 1 aromatic heterocycles. The first-order chi connectivity index (χ1) is 5.11. The van der Waals surface area contributed by atoms with Crippen LogP contribution < -0.4 is 21.5 Å². The summed E-state index contributed by atoms with van der Waals surface area (Å²) >= 11 is 3.97. The number of rotatable bonds is 2. The molecule has 0 amide bonds. The van der Waals surface area contributed by atoms with Crippen LogP contribution in [0.5, 0.6) is 0 Å². The van der Waals surface area contributed by atoms with E-state index in [-0.39, 0.29) is 17.0 Å². The van der Waals surface area contributed by atoms with Crippen LogP contribution in [0.1, 0.15) is 13.0 Å². The SMILES string of the molecule is CC(C(=O)O)[n+]1ccn(S)c1.[Br-]. The molecule has 12 heavy (non-hydrogen) atoms. The second-order valence-electron chi connectivity index (χ2n) is 2.26. The zero-order valence-corrected chi connectivity index (χ0v) is 8.86. The highest BCUT2D eigenvalue weighted by Gasteiger charge is 2.17. The minimum atomic E-state index is -0.852. The van der Waals surface area contributed by atoms with Crippen LogP contribution >= 0.6 is 12.8 Å². The lowest BCUT2D eigenvalue weighted by molar-refractivity contribution is -0.706. The van der Waals surface area contributed by atoms with Crippen LogP contribution in [0, 0.1) is 0 Å². The van der Waals surface area contributed by atoms with Gasteiger partial charge in [-0.3, -0.25) is 0 Å². The molecule has 0 aliphatic rings. The average Bonchev–Trinajstić information content (AvgIpc) is 2.34. The number of imidazole rings is 1. The molecular weight excluding hydrogens is 244 g/mol. The predicted octanol–water partition coefficient (Wildman–Crippen LogP) is -2.88. The van der Waals surface area contributed by atoms with Crippen molar-refractivity contribution in [1.29, 1.82) is 0 Å². The molecule has 1 aromatic rings. The molecule has 4 nitrogen and oxygen atoms in total. The Bertz CT molecular complexity index is 276. The fourth-order valence-electron chi connectivity index (χ4n) is 0.715. The molecular formula is C6H9BrN2O2S. The number of carboxylic acid groups (broad SMARTS) is 1. The number of halogens is 1. The van der Waals surface area contributed by atoms with E-state index in [0.29, 0.717) is 0 Å². The predicted molar refractivity (Wildman–Crippen MR) is 41.4 cm³/mol. The van der Waals surface area contributed by atoms with Gasteiger partial charge in [0.1, 0.15) is 12.4 Å². The summed E-state index contributed by atoms with van der Waals surface area (Å²) in [5, 5.41) is 8.59. The number of nitrogens with zero attached hydrogens (tertiary/aromatic N) is 2. The van der Waals surface area contributed by atoms with E-state index in [1.54, 1.807) is 30.2 Å². The Hall–Kier alpha value is -0.490. The van der Waals surface area contributed by atoms with Crippen molar-refractivity contribution in [1.82, 2.24) is 3.97 Å². The Morgan fingerprint density at radius 2 is 2.33 bits per heavy atom. The Morgan fingerprint density at radius 3 is 2.67 bits per heavy atom. The van der Waals surface area contributed by atoms with E-state index in [1.165, 1.54) is 3.97 Å². The van der Waals surface area contributed by atoms with Crippen molar-refractivity contribution in [3.05, 3.63) is 18.7 Å². The fourth-order valence-corrected chi connectivity index (χ4v) is 0.894. The smallest absolute Gasteiger partial charge is 0.349 e. The summed E-state index contributed by atoms with van der Waals surface area (Å²) in [6, 6.07) is -0.539. The molecule has 1 rings (SSSR count). The average molecular weight is 253 g/mol. The van der Waals surface area contributed by atoms with E-state index in [9.17, 15) is 4.79 Å². The number of carboxylic acids is 1. The second kappa shape index (κ2) is 4.51. The molecule has 0 bridgehead atoms. The van der Waals surface area contributed by atoms with Gasteiger partial charge in [-0.25, -0.2) is 9.36 Å². The lowest BCUT2D eigenvalue weighted by atomic mass is 10.3. The Kier molecular flexibility index (Phi) is 4.33. The molecule has 1 unspecified atom stereocenters. The highest BCUT2D eigenvalue weighted by molar-refractivity contribution is 7.78. The van der Waals surface area contributed by atoms with Gasteiger partial charge in [0.05, 0.1) is 0 Å². The van der Waals surface area contributed by atoms with Crippen molar-refractivity contribution in [2.24, 2.45) is 0 Å². The van der Waals surface area contributed by atoms with Gasteiger partial charge in [0, 0.05) is 12.8 Å². The van der Waals surface area contributed by atoms with Gasteiger partial charge >= 0.3 is 5.97 Å². The monoisotopic (exact) mass is 252 g/mol. The molecule has 0 fully saturated rings. The fraction of sp³-hybridized carbons (Fsp3) is 0.333. The quantitative estimate of drug-likeness (QED) is 0.439. The van der Waals surface area contributed by atoms with E-state index >= 15 is 0 Å². The maximum absolute atomic E-state index is 10.5. The summed E-state index contributed by atoms with van der Waals surface area (Å²) in [6.07, 6.45) is 4.93. The molecule has 68 valence electrons. The highest BCUT2D eigenvalue weighted by atomic mass is 79.9. The van der Waals surface area contributed by atoms with Crippen LogP contribution in [0.2, 0.25) is 0 Å². The van der Waals surface area contributed by atoms with Crippen molar-refractivity contribution in [2.45, 2.75) is 13.0 Å². The molecule has 0 aliphatic carbocycles. The zero-order chi connectivity index (χ0) is 8.43. The summed E-state index contributed by atoms with van der Waals surface area (Å²) in [4.78, 5) is 10.5. The Balaban J connectivity index is 0.00000121. The summed E-state index contributed by atoms with van der Waals surface area (Å²) < 4.78 is 3.06. The zero-order valence-electron chi connectivity index (χ0n) is 6.38. The lowest BCUT2D eigenvalue weighted by Gasteiger charge is -1.98. The van der Waals surface area contributed by atoms with Gasteiger partial charge in [-0.2, -0.15) is 3.97 Å². The molecule has 1 heterocycles. The minimum absolute atomic E-state index is 0. The summed E-state index contributed by atoms with van der Waals surface area (Å²) in [5.41, 5.74) is 0. The van der Waals surface area contributed by atoms with Crippen molar-refractivity contribution in [2.75, 3.05) is 0 Å².